The fourth-order valence-electron chi connectivity index (χ4n) is 2.67. The Morgan fingerprint density at radius 2 is 2.42 bits per heavy atom. The number of aromatic nitrogens is 2. The molecule has 1 aliphatic rings. The minimum absolute atomic E-state index is 0. The monoisotopic (exact) mass is 434 g/mol. The van der Waals surface area contributed by atoms with Crippen molar-refractivity contribution in [3.63, 3.8) is 0 Å². The third-order valence-electron chi connectivity index (χ3n) is 3.81. The van der Waals surface area contributed by atoms with Crippen LogP contribution in [0.15, 0.2) is 20.4 Å². The molecule has 24 heavy (non-hydrogen) atoms. The number of amides is 1. The topological polar surface area (TPSA) is 80.1 Å². The molecule has 1 saturated heterocycles. The maximum absolute atomic E-state index is 12.0. The molecule has 0 aromatic carbocycles. The number of aryl methyl sites for hydroxylation is 1. The van der Waals surface area contributed by atoms with E-state index in [4.69, 9.17) is 4.52 Å². The zero-order valence-corrected chi connectivity index (χ0v) is 16.5. The van der Waals surface area contributed by atoms with Crippen molar-refractivity contribution in [2.75, 3.05) is 6.54 Å². The second-order valence-electron chi connectivity index (χ2n) is 5.78. The van der Waals surface area contributed by atoms with Gasteiger partial charge in [0.1, 0.15) is 0 Å². The third-order valence-corrected chi connectivity index (χ3v) is 5.50. The van der Waals surface area contributed by atoms with Gasteiger partial charge in [0, 0.05) is 34.8 Å². The smallest absolute Gasteiger partial charge is 0.227 e. The van der Waals surface area contributed by atoms with Gasteiger partial charge < -0.3 is 15.2 Å². The number of thiophene rings is 1. The Morgan fingerprint density at radius 3 is 3.12 bits per heavy atom. The zero-order valence-electron chi connectivity index (χ0n) is 13.3. The molecule has 2 aromatic heterocycles. The predicted octanol–water partition coefficient (Wildman–Crippen LogP) is 3.17. The Hall–Kier alpha value is -0.960. The molecule has 1 aliphatic heterocycles. The highest BCUT2D eigenvalue weighted by atomic mass is 79.9. The quantitative estimate of drug-likeness (QED) is 0.754. The first kappa shape index (κ1) is 19.4. The lowest BCUT2D eigenvalue weighted by Crippen LogP contribution is -2.46. The summed E-state index contributed by atoms with van der Waals surface area (Å²) in [5.41, 5.74) is 0. The summed E-state index contributed by atoms with van der Waals surface area (Å²) in [6.07, 6.45) is 2.79. The molecule has 0 bridgehead atoms. The molecule has 9 heteroatoms. The Labute approximate surface area is 159 Å². The SMILES string of the molecule is CC1CC(NC(=O)CCc2nc(-c3cc(Br)cs3)no2)CCN1.Cl. The molecule has 0 radical (unpaired) electrons. The van der Waals surface area contributed by atoms with E-state index in [9.17, 15) is 4.79 Å². The fraction of sp³-hybridized carbons (Fsp3) is 0.533. The van der Waals surface area contributed by atoms with E-state index < -0.39 is 0 Å². The highest BCUT2D eigenvalue weighted by molar-refractivity contribution is 9.10. The van der Waals surface area contributed by atoms with Gasteiger partial charge in [-0.25, -0.2) is 0 Å². The van der Waals surface area contributed by atoms with Gasteiger partial charge in [0.2, 0.25) is 17.6 Å². The minimum atomic E-state index is 0. The van der Waals surface area contributed by atoms with Crippen LogP contribution < -0.4 is 10.6 Å². The molecular formula is C15H20BrClN4O2S. The van der Waals surface area contributed by atoms with E-state index in [-0.39, 0.29) is 24.4 Å². The molecule has 0 saturated carbocycles. The van der Waals surface area contributed by atoms with Crippen molar-refractivity contribution in [3.8, 4) is 10.7 Å². The van der Waals surface area contributed by atoms with Crippen LogP contribution in [0.5, 0.6) is 0 Å². The lowest BCUT2D eigenvalue weighted by Gasteiger charge is -2.28. The molecule has 132 valence electrons. The van der Waals surface area contributed by atoms with Crippen molar-refractivity contribution in [1.29, 1.82) is 0 Å². The Morgan fingerprint density at radius 1 is 1.58 bits per heavy atom. The maximum Gasteiger partial charge on any atom is 0.227 e. The number of hydrogen-bond donors (Lipinski definition) is 2. The molecule has 2 atom stereocenters. The second-order valence-corrected chi connectivity index (χ2v) is 7.61. The number of halogens is 2. The van der Waals surface area contributed by atoms with Crippen LogP contribution in [0.25, 0.3) is 10.7 Å². The molecule has 0 aliphatic carbocycles. The number of nitrogens with zero attached hydrogens (tertiary/aromatic N) is 2. The number of piperidine rings is 1. The average Bonchev–Trinajstić information content (AvgIpc) is 3.14. The van der Waals surface area contributed by atoms with Gasteiger partial charge in [-0.05, 0) is 48.3 Å². The van der Waals surface area contributed by atoms with Crippen molar-refractivity contribution in [3.05, 3.63) is 21.8 Å². The van der Waals surface area contributed by atoms with Crippen molar-refractivity contribution in [2.45, 2.75) is 44.7 Å². The van der Waals surface area contributed by atoms with Crippen LogP contribution in [-0.2, 0) is 11.2 Å². The van der Waals surface area contributed by atoms with Gasteiger partial charge in [-0.1, -0.05) is 5.16 Å². The van der Waals surface area contributed by atoms with Gasteiger partial charge >= 0.3 is 0 Å². The van der Waals surface area contributed by atoms with Gasteiger partial charge in [-0.2, -0.15) is 4.98 Å². The molecular weight excluding hydrogens is 416 g/mol. The Bertz CT molecular complexity index is 678. The number of carbonyl (C=O) groups is 1. The van der Waals surface area contributed by atoms with E-state index in [1.165, 1.54) is 0 Å². The van der Waals surface area contributed by atoms with Gasteiger partial charge in [0.25, 0.3) is 0 Å². The summed E-state index contributed by atoms with van der Waals surface area (Å²) < 4.78 is 6.23. The lowest BCUT2D eigenvalue weighted by atomic mass is 10.0. The first-order valence-electron chi connectivity index (χ1n) is 7.70. The highest BCUT2D eigenvalue weighted by Gasteiger charge is 2.20. The highest BCUT2D eigenvalue weighted by Crippen LogP contribution is 2.27. The first-order valence-corrected chi connectivity index (χ1v) is 9.37. The molecule has 2 N–H and O–H groups in total. The van der Waals surface area contributed by atoms with E-state index in [1.54, 1.807) is 11.3 Å². The van der Waals surface area contributed by atoms with Crippen molar-refractivity contribution < 1.29 is 9.32 Å². The van der Waals surface area contributed by atoms with E-state index in [0.717, 1.165) is 28.7 Å². The second kappa shape index (κ2) is 8.94. The van der Waals surface area contributed by atoms with Crippen molar-refractivity contribution >= 4 is 45.6 Å². The van der Waals surface area contributed by atoms with Crippen LogP contribution in [0, 0.1) is 0 Å². The Balaban J connectivity index is 0.00000208. The third kappa shape index (κ3) is 5.27. The Kier molecular flexibility index (Phi) is 7.21. The van der Waals surface area contributed by atoms with Crippen LogP contribution in [0.4, 0.5) is 0 Å². The average molecular weight is 436 g/mol. The number of carbonyl (C=O) groups excluding carboxylic acids is 1. The van der Waals surface area contributed by atoms with Gasteiger partial charge in [-0.15, -0.1) is 23.7 Å². The molecule has 3 rings (SSSR count). The summed E-state index contributed by atoms with van der Waals surface area (Å²) in [4.78, 5) is 17.3. The van der Waals surface area contributed by atoms with Crippen molar-refractivity contribution in [1.82, 2.24) is 20.8 Å². The van der Waals surface area contributed by atoms with Crippen LogP contribution in [-0.4, -0.2) is 34.7 Å². The lowest BCUT2D eigenvalue weighted by molar-refractivity contribution is -0.122. The van der Waals surface area contributed by atoms with E-state index in [1.807, 2.05) is 11.4 Å². The molecule has 6 nitrogen and oxygen atoms in total. The number of hydrogen-bond acceptors (Lipinski definition) is 6. The van der Waals surface area contributed by atoms with E-state index in [2.05, 4.69) is 43.6 Å². The summed E-state index contributed by atoms with van der Waals surface area (Å²) >= 11 is 4.95. The minimum Gasteiger partial charge on any atom is -0.353 e. The standard InChI is InChI=1S/C15H19BrN4O2S.ClH/c1-9-6-11(4-5-17-9)18-13(21)2-3-14-19-15(20-22-14)12-7-10(16)8-23-12;/h7-9,11,17H,2-6H2,1H3,(H,18,21);1H. The van der Waals surface area contributed by atoms with Crippen LogP contribution in [0.3, 0.4) is 0 Å². The fourth-order valence-corrected chi connectivity index (χ4v) is 4.02. The summed E-state index contributed by atoms with van der Waals surface area (Å²) in [5.74, 6) is 1.12. The molecule has 2 aromatic rings. The number of rotatable bonds is 5. The molecule has 0 spiro atoms. The van der Waals surface area contributed by atoms with Gasteiger partial charge in [0.05, 0.1) is 4.88 Å². The molecule has 1 amide bonds. The molecule has 2 unspecified atom stereocenters. The largest absolute Gasteiger partial charge is 0.353 e. The van der Waals surface area contributed by atoms with Crippen molar-refractivity contribution in [2.24, 2.45) is 0 Å². The molecule has 1 fully saturated rings. The predicted molar refractivity (Wildman–Crippen MR) is 99.5 cm³/mol. The van der Waals surface area contributed by atoms with E-state index >= 15 is 0 Å². The molecule has 3 heterocycles. The zero-order chi connectivity index (χ0) is 16.2. The summed E-state index contributed by atoms with van der Waals surface area (Å²) in [6.45, 7) is 3.09. The maximum atomic E-state index is 12.0. The van der Waals surface area contributed by atoms with Crippen LogP contribution in [0.1, 0.15) is 32.1 Å². The van der Waals surface area contributed by atoms with E-state index in [0.29, 0.717) is 30.6 Å². The van der Waals surface area contributed by atoms with Crippen LogP contribution in [0.2, 0.25) is 0 Å². The number of nitrogens with one attached hydrogen (secondary N) is 2. The normalized spacial score (nSPS) is 20.4. The summed E-state index contributed by atoms with van der Waals surface area (Å²) in [7, 11) is 0. The summed E-state index contributed by atoms with van der Waals surface area (Å²) in [6, 6.07) is 2.67. The van der Waals surface area contributed by atoms with Gasteiger partial charge in [0.15, 0.2) is 0 Å². The first-order chi connectivity index (χ1) is 11.1. The summed E-state index contributed by atoms with van der Waals surface area (Å²) in [5, 5.41) is 12.4. The van der Waals surface area contributed by atoms with Crippen LogP contribution >= 0.6 is 39.7 Å². The van der Waals surface area contributed by atoms with Gasteiger partial charge in [-0.3, -0.25) is 4.79 Å².